The normalized spacial score (nSPS) is 11.0. The van der Waals surface area contributed by atoms with Crippen molar-refractivity contribution in [2.24, 2.45) is 5.73 Å². The van der Waals surface area contributed by atoms with Crippen LogP contribution in [0, 0.1) is 0 Å². The van der Waals surface area contributed by atoms with Gasteiger partial charge in [0, 0.05) is 18.4 Å². The molecule has 68 valence electrons. The Balaban J connectivity index is 2.52. The molecule has 1 rings (SSSR count). The van der Waals surface area contributed by atoms with Gasteiger partial charge in [0.2, 0.25) is 0 Å². The first-order chi connectivity index (χ1) is 5.72. The molecule has 12 heavy (non-hydrogen) atoms. The highest BCUT2D eigenvalue weighted by molar-refractivity contribution is 5.16. The molecule has 0 radical (unpaired) electrons. The summed E-state index contributed by atoms with van der Waals surface area (Å²) in [4.78, 5) is 5.35. The van der Waals surface area contributed by atoms with Crippen LogP contribution in [0.25, 0.3) is 0 Å². The van der Waals surface area contributed by atoms with E-state index in [9.17, 15) is 0 Å². The Hall–Kier alpha value is -0.800. The van der Waals surface area contributed by atoms with E-state index >= 15 is 0 Å². The molecule has 0 aliphatic heterocycles. The zero-order valence-corrected chi connectivity index (χ0v) is 7.80. The summed E-state index contributed by atoms with van der Waals surface area (Å²) in [5, 5.41) is 0. The maximum atomic E-state index is 5.44. The maximum Gasteiger partial charge on any atom is 0.0242 e. The lowest BCUT2D eigenvalue weighted by Crippen LogP contribution is -2.09. The van der Waals surface area contributed by atoms with E-state index < -0.39 is 0 Å². The van der Waals surface area contributed by atoms with Crippen molar-refractivity contribution in [2.45, 2.75) is 13.0 Å². The lowest BCUT2D eigenvalue weighted by atomic mass is 10.2. The fraction of sp³-hybridized carbons (Fsp3) is 0.556. The van der Waals surface area contributed by atoms with E-state index in [1.165, 1.54) is 11.3 Å². The van der Waals surface area contributed by atoms with E-state index in [2.05, 4.69) is 30.0 Å². The van der Waals surface area contributed by atoms with Gasteiger partial charge in [-0.3, -0.25) is 0 Å². The largest absolute Gasteiger partial charge is 0.365 e. The first kappa shape index (κ1) is 9.29. The molecule has 0 aliphatic rings. The van der Waals surface area contributed by atoms with Crippen LogP contribution < -0.4 is 5.73 Å². The summed E-state index contributed by atoms with van der Waals surface area (Å²) < 4.78 is 0. The molecule has 0 spiro atoms. The maximum absolute atomic E-state index is 5.44. The van der Waals surface area contributed by atoms with Gasteiger partial charge in [0.15, 0.2) is 0 Å². The Bertz CT molecular complexity index is 227. The Labute approximate surface area is 73.6 Å². The third-order valence-electron chi connectivity index (χ3n) is 1.72. The van der Waals surface area contributed by atoms with Crippen molar-refractivity contribution in [2.75, 3.05) is 20.6 Å². The van der Waals surface area contributed by atoms with E-state index in [1.807, 2.05) is 6.20 Å². The first-order valence-electron chi connectivity index (χ1n) is 4.23. The molecule has 0 aliphatic carbocycles. The van der Waals surface area contributed by atoms with Crippen LogP contribution in [0.4, 0.5) is 0 Å². The van der Waals surface area contributed by atoms with Crippen molar-refractivity contribution in [3.63, 3.8) is 0 Å². The molecular formula is C9H17N3. The number of nitrogens with two attached hydrogens (primary N) is 1. The number of rotatable bonds is 4. The van der Waals surface area contributed by atoms with E-state index in [0.29, 0.717) is 6.54 Å². The minimum Gasteiger partial charge on any atom is -0.365 e. The number of nitrogens with zero attached hydrogens (tertiary/aromatic N) is 1. The molecule has 0 amide bonds. The van der Waals surface area contributed by atoms with Gasteiger partial charge in [-0.15, -0.1) is 0 Å². The highest BCUT2D eigenvalue weighted by atomic mass is 15.0. The average Bonchev–Trinajstić information content (AvgIpc) is 2.36. The molecule has 0 fully saturated rings. The first-order valence-corrected chi connectivity index (χ1v) is 4.23. The highest BCUT2D eigenvalue weighted by Gasteiger charge is 1.98. The summed E-state index contributed by atoms with van der Waals surface area (Å²) in [5.74, 6) is 0. The van der Waals surface area contributed by atoms with E-state index in [4.69, 9.17) is 5.73 Å². The van der Waals surface area contributed by atoms with Gasteiger partial charge < -0.3 is 15.6 Å². The Morgan fingerprint density at radius 3 is 2.83 bits per heavy atom. The molecule has 3 N–H and O–H groups in total. The minimum absolute atomic E-state index is 0.710. The van der Waals surface area contributed by atoms with Gasteiger partial charge in [0.05, 0.1) is 0 Å². The standard InChI is InChI=1S/C9H17N3/c1-12(2)7-8-5-9(3-4-10)11-6-8/h5-6,11H,3-4,7,10H2,1-2H3. The fourth-order valence-corrected chi connectivity index (χ4v) is 1.25. The Kier molecular flexibility index (Phi) is 3.31. The second-order valence-electron chi connectivity index (χ2n) is 3.31. The average molecular weight is 167 g/mol. The second kappa shape index (κ2) is 4.28. The zero-order chi connectivity index (χ0) is 8.97. The quantitative estimate of drug-likeness (QED) is 0.689. The SMILES string of the molecule is CN(C)Cc1c[nH]c(CCN)c1. The lowest BCUT2D eigenvalue weighted by Gasteiger charge is -2.05. The van der Waals surface area contributed by atoms with Crippen molar-refractivity contribution in [3.8, 4) is 0 Å². The van der Waals surface area contributed by atoms with Crippen molar-refractivity contribution >= 4 is 0 Å². The van der Waals surface area contributed by atoms with Crippen LogP contribution in [0.1, 0.15) is 11.3 Å². The Morgan fingerprint density at radius 2 is 2.25 bits per heavy atom. The molecule has 1 heterocycles. The number of hydrogen-bond acceptors (Lipinski definition) is 2. The van der Waals surface area contributed by atoms with Crippen LogP contribution in [0.5, 0.6) is 0 Å². The van der Waals surface area contributed by atoms with Crippen LogP contribution in [-0.4, -0.2) is 30.5 Å². The van der Waals surface area contributed by atoms with Crippen molar-refractivity contribution in [1.29, 1.82) is 0 Å². The number of aromatic nitrogens is 1. The molecular weight excluding hydrogens is 150 g/mol. The fourth-order valence-electron chi connectivity index (χ4n) is 1.25. The van der Waals surface area contributed by atoms with Gasteiger partial charge >= 0.3 is 0 Å². The summed E-state index contributed by atoms with van der Waals surface area (Å²) in [5.41, 5.74) is 7.99. The monoisotopic (exact) mass is 167 g/mol. The molecule has 0 aromatic carbocycles. The molecule has 0 saturated carbocycles. The van der Waals surface area contributed by atoms with Gasteiger partial charge in [-0.1, -0.05) is 0 Å². The number of nitrogens with one attached hydrogen (secondary N) is 1. The minimum atomic E-state index is 0.710. The number of hydrogen-bond donors (Lipinski definition) is 2. The van der Waals surface area contributed by atoms with Gasteiger partial charge in [-0.05, 0) is 38.7 Å². The molecule has 1 aromatic heterocycles. The molecule has 0 atom stereocenters. The molecule has 0 saturated heterocycles. The predicted octanol–water partition coefficient (Wildman–Crippen LogP) is 0.578. The topological polar surface area (TPSA) is 45.0 Å². The zero-order valence-electron chi connectivity index (χ0n) is 7.80. The van der Waals surface area contributed by atoms with E-state index in [0.717, 1.165) is 13.0 Å². The Morgan fingerprint density at radius 1 is 1.50 bits per heavy atom. The third kappa shape index (κ3) is 2.68. The molecule has 0 unspecified atom stereocenters. The van der Waals surface area contributed by atoms with Crippen LogP contribution in [-0.2, 0) is 13.0 Å². The van der Waals surface area contributed by atoms with E-state index in [-0.39, 0.29) is 0 Å². The third-order valence-corrected chi connectivity index (χ3v) is 1.72. The van der Waals surface area contributed by atoms with Crippen LogP contribution in [0.3, 0.4) is 0 Å². The van der Waals surface area contributed by atoms with Crippen LogP contribution in [0.2, 0.25) is 0 Å². The van der Waals surface area contributed by atoms with Gasteiger partial charge in [-0.2, -0.15) is 0 Å². The number of H-pyrrole nitrogens is 1. The molecule has 0 bridgehead atoms. The van der Waals surface area contributed by atoms with E-state index in [1.54, 1.807) is 0 Å². The lowest BCUT2D eigenvalue weighted by molar-refractivity contribution is 0.402. The predicted molar refractivity (Wildman–Crippen MR) is 50.9 cm³/mol. The summed E-state index contributed by atoms with van der Waals surface area (Å²) >= 11 is 0. The smallest absolute Gasteiger partial charge is 0.0242 e. The molecule has 1 aromatic rings. The van der Waals surface area contributed by atoms with Crippen molar-refractivity contribution in [1.82, 2.24) is 9.88 Å². The number of aromatic amines is 1. The summed E-state index contributed by atoms with van der Waals surface area (Å²) in [6, 6.07) is 2.17. The summed E-state index contributed by atoms with van der Waals surface area (Å²) in [6.45, 7) is 1.70. The molecule has 3 heteroatoms. The van der Waals surface area contributed by atoms with Crippen molar-refractivity contribution < 1.29 is 0 Å². The van der Waals surface area contributed by atoms with Gasteiger partial charge in [-0.25, -0.2) is 0 Å². The molecule has 3 nitrogen and oxygen atoms in total. The second-order valence-corrected chi connectivity index (χ2v) is 3.31. The summed E-state index contributed by atoms with van der Waals surface area (Å²) in [6.07, 6.45) is 2.98. The van der Waals surface area contributed by atoms with Gasteiger partial charge in [0.25, 0.3) is 0 Å². The van der Waals surface area contributed by atoms with Crippen LogP contribution in [0.15, 0.2) is 12.3 Å². The highest BCUT2D eigenvalue weighted by Crippen LogP contribution is 2.05. The van der Waals surface area contributed by atoms with Gasteiger partial charge in [0.1, 0.15) is 0 Å². The van der Waals surface area contributed by atoms with Crippen molar-refractivity contribution in [3.05, 3.63) is 23.5 Å². The summed E-state index contributed by atoms with van der Waals surface area (Å²) in [7, 11) is 4.13. The van der Waals surface area contributed by atoms with Crippen LogP contribution >= 0.6 is 0 Å².